The van der Waals surface area contributed by atoms with Gasteiger partial charge in [-0.2, -0.15) is 0 Å². The van der Waals surface area contributed by atoms with Gasteiger partial charge in [0.15, 0.2) is 0 Å². The van der Waals surface area contributed by atoms with Crippen LogP contribution in [0.4, 0.5) is 0 Å². The zero-order valence-corrected chi connectivity index (χ0v) is 14.7. The third-order valence-corrected chi connectivity index (χ3v) is 5.17. The van der Waals surface area contributed by atoms with Crippen LogP contribution in [0.1, 0.15) is 36.5 Å². The Hall–Kier alpha value is -2.15. The number of aromatic nitrogens is 1. The number of piperazine rings is 1. The summed E-state index contributed by atoms with van der Waals surface area (Å²) in [6.07, 6.45) is 4.85. The molecule has 0 radical (unpaired) electrons. The van der Waals surface area contributed by atoms with Gasteiger partial charge in [-0.1, -0.05) is 0 Å². The average molecular weight is 346 g/mol. The van der Waals surface area contributed by atoms with Crippen LogP contribution in [0.3, 0.4) is 0 Å². The Morgan fingerprint density at radius 3 is 2.52 bits per heavy atom. The van der Waals surface area contributed by atoms with E-state index >= 15 is 0 Å². The number of amides is 2. The molecule has 25 heavy (non-hydrogen) atoms. The van der Waals surface area contributed by atoms with Gasteiger partial charge in [-0.25, -0.2) is 0 Å². The standard InChI is InChI=1S/C18H26N4O3/c1-14-4-2-3-7-22(14)17(24)13-20-8-10-21(11-9-20)18(25)15-5-6-16(23)19-12-15/h5-6,12,14H,2-4,7-11,13H2,1H3,(H,19,23). The number of carbonyl (C=O) groups excluding carboxylic acids is 2. The van der Waals surface area contributed by atoms with Gasteiger partial charge in [-0.05, 0) is 32.3 Å². The van der Waals surface area contributed by atoms with Crippen molar-refractivity contribution in [3.8, 4) is 0 Å². The topological polar surface area (TPSA) is 76.7 Å². The van der Waals surface area contributed by atoms with E-state index in [1.807, 2.05) is 4.90 Å². The number of likely N-dealkylation sites (tertiary alicyclic amines) is 1. The lowest BCUT2D eigenvalue weighted by atomic mass is 10.0. The summed E-state index contributed by atoms with van der Waals surface area (Å²) >= 11 is 0. The van der Waals surface area contributed by atoms with Crippen molar-refractivity contribution in [1.29, 1.82) is 0 Å². The number of pyridine rings is 1. The summed E-state index contributed by atoms with van der Waals surface area (Å²) in [4.78, 5) is 44.5. The number of hydrogen-bond donors (Lipinski definition) is 1. The number of hydrogen-bond acceptors (Lipinski definition) is 4. The molecule has 7 heteroatoms. The maximum absolute atomic E-state index is 12.5. The van der Waals surface area contributed by atoms with Gasteiger partial charge in [0.05, 0.1) is 12.1 Å². The predicted molar refractivity (Wildman–Crippen MR) is 94.4 cm³/mol. The highest BCUT2D eigenvalue weighted by molar-refractivity contribution is 5.94. The molecule has 2 fully saturated rings. The molecule has 3 heterocycles. The maximum atomic E-state index is 12.5. The molecule has 2 aliphatic rings. The smallest absolute Gasteiger partial charge is 0.255 e. The number of nitrogens with zero attached hydrogens (tertiary/aromatic N) is 3. The second kappa shape index (κ2) is 7.82. The van der Waals surface area contributed by atoms with E-state index in [9.17, 15) is 14.4 Å². The molecule has 0 spiro atoms. The van der Waals surface area contributed by atoms with Gasteiger partial charge in [-0.3, -0.25) is 19.3 Å². The summed E-state index contributed by atoms with van der Waals surface area (Å²) in [7, 11) is 0. The number of carbonyl (C=O) groups is 2. The predicted octanol–water partition coefficient (Wildman–Crippen LogP) is 0.534. The van der Waals surface area contributed by atoms with E-state index in [-0.39, 0.29) is 17.4 Å². The molecule has 0 aliphatic carbocycles. The van der Waals surface area contributed by atoms with E-state index in [2.05, 4.69) is 16.8 Å². The third-order valence-electron chi connectivity index (χ3n) is 5.17. The highest BCUT2D eigenvalue weighted by Gasteiger charge is 2.27. The minimum atomic E-state index is -0.216. The Morgan fingerprint density at radius 2 is 1.88 bits per heavy atom. The van der Waals surface area contributed by atoms with Crippen molar-refractivity contribution in [2.45, 2.75) is 32.2 Å². The van der Waals surface area contributed by atoms with Gasteiger partial charge < -0.3 is 14.8 Å². The molecule has 2 saturated heterocycles. The minimum absolute atomic E-state index is 0.0770. The number of H-pyrrole nitrogens is 1. The Morgan fingerprint density at radius 1 is 1.12 bits per heavy atom. The molecule has 2 amide bonds. The first-order chi connectivity index (χ1) is 12.0. The summed E-state index contributed by atoms with van der Waals surface area (Å²) in [6, 6.07) is 3.25. The van der Waals surface area contributed by atoms with Gasteiger partial charge >= 0.3 is 0 Å². The lowest BCUT2D eigenvalue weighted by Crippen LogP contribution is -2.53. The summed E-state index contributed by atoms with van der Waals surface area (Å²) in [5, 5.41) is 0. The van der Waals surface area contributed by atoms with E-state index in [1.165, 1.54) is 18.7 Å². The SMILES string of the molecule is CC1CCCCN1C(=O)CN1CCN(C(=O)c2ccc(=O)[nH]c2)CC1. The molecule has 1 aromatic heterocycles. The van der Waals surface area contributed by atoms with E-state index in [1.54, 1.807) is 11.0 Å². The fourth-order valence-electron chi connectivity index (χ4n) is 3.59. The molecule has 2 aliphatic heterocycles. The fourth-order valence-corrected chi connectivity index (χ4v) is 3.59. The molecule has 1 aromatic rings. The highest BCUT2D eigenvalue weighted by Crippen LogP contribution is 2.17. The van der Waals surface area contributed by atoms with Crippen LogP contribution in [-0.4, -0.2) is 76.8 Å². The third kappa shape index (κ3) is 4.28. The van der Waals surface area contributed by atoms with Crippen molar-refractivity contribution in [3.63, 3.8) is 0 Å². The summed E-state index contributed by atoms with van der Waals surface area (Å²) in [5.41, 5.74) is 0.276. The lowest BCUT2D eigenvalue weighted by molar-refractivity contribution is -0.136. The van der Waals surface area contributed by atoms with Crippen LogP contribution < -0.4 is 5.56 Å². The Labute approximate surface area is 147 Å². The number of rotatable bonds is 3. The molecular formula is C18H26N4O3. The summed E-state index contributed by atoms with van der Waals surface area (Å²) < 4.78 is 0. The van der Waals surface area contributed by atoms with E-state index in [4.69, 9.17) is 0 Å². The average Bonchev–Trinajstić information content (AvgIpc) is 2.63. The van der Waals surface area contributed by atoms with Crippen molar-refractivity contribution in [1.82, 2.24) is 19.7 Å². The van der Waals surface area contributed by atoms with Crippen LogP contribution in [0, 0.1) is 0 Å². The van der Waals surface area contributed by atoms with Gasteiger partial charge in [0.1, 0.15) is 0 Å². The molecule has 1 atom stereocenters. The van der Waals surface area contributed by atoms with Crippen molar-refractivity contribution in [2.24, 2.45) is 0 Å². The first-order valence-corrected chi connectivity index (χ1v) is 9.04. The molecular weight excluding hydrogens is 320 g/mol. The van der Waals surface area contributed by atoms with Crippen LogP contribution in [-0.2, 0) is 4.79 Å². The van der Waals surface area contributed by atoms with Crippen LogP contribution in [0.5, 0.6) is 0 Å². The van der Waals surface area contributed by atoms with Gasteiger partial charge in [0.25, 0.3) is 5.91 Å². The van der Waals surface area contributed by atoms with Crippen molar-refractivity contribution in [2.75, 3.05) is 39.3 Å². The van der Waals surface area contributed by atoms with Crippen molar-refractivity contribution >= 4 is 11.8 Å². The molecule has 3 rings (SSSR count). The first-order valence-electron chi connectivity index (χ1n) is 9.04. The van der Waals surface area contributed by atoms with E-state index in [0.29, 0.717) is 44.3 Å². The second-order valence-corrected chi connectivity index (χ2v) is 6.94. The van der Waals surface area contributed by atoms with E-state index < -0.39 is 0 Å². The van der Waals surface area contributed by atoms with Crippen molar-refractivity contribution in [3.05, 3.63) is 34.2 Å². The Balaban J connectivity index is 1.50. The zero-order chi connectivity index (χ0) is 17.8. The summed E-state index contributed by atoms with van der Waals surface area (Å²) in [5.74, 6) is 0.125. The molecule has 0 saturated carbocycles. The molecule has 1 N–H and O–H groups in total. The highest BCUT2D eigenvalue weighted by atomic mass is 16.2. The van der Waals surface area contributed by atoms with Crippen molar-refractivity contribution < 1.29 is 9.59 Å². The largest absolute Gasteiger partial charge is 0.339 e. The first kappa shape index (κ1) is 17.7. The number of aromatic amines is 1. The minimum Gasteiger partial charge on any atom is -0.339 e. The number of piperidine rings is 1. The van der Waals surface area contributed by atoms with Gasteiger partial charge in [0, 0.05) is 51.0 Å². The van der Waals surface area contributed by atoms with Crippen LogP contribution in [0.2, 0.25) is 0 Å². The summed E-state index contributed by atoms with van der Waals surface area (Å²) in [6.45, 7) is 6.02. The fraction of sp³-hybridized carbons (Fsp3) is 0.611. The zero-order valence-electron chi connectivity index (χ0n) is 14.7. The van der Waals surface area contributed by atoms with Crippen LogP contribution >= 0.6 is 0 Å². The normalized spacial score (nSPS) is 22.0. The second-order valence-electron chi connectivity index (χ2n) is 6.94. The Kier molecular flexibility index (Phi) is 5.53. The monoisotopic (exact) mass is 346 g/mol. The Bertz CT molecular complexity index is 659. The molecule has 0 bridgehead atoms. The maximum Gasteiger partial charge on any atom is 0.255 e. The molecule has 136 valence electrons. The molecule has 1 unspecified atom stereocenters. The van der Waals surface area contributed by atoms with Gasteiger partial charge in [-0.15, -0.1) is 0 Å². The lowest BCUT2D eigenvalue weighted by Gasteiger charge is -2.38. The molecule has 7 nitrogen and oxygen atoms in total. The van der Waals surface area contributed by atoms with Gasteiger partial charge in [0.2, 0.25) is 11.5 Å². The quantitative estimate of drug-likeness (QED) is 0.866. The van der Waals surface area contributed by atoms with Crippen LogP contribution in [0.25, 0.3) is 0 Å². The van der Waals surface area contributed by atoms with E-state index in [0.717, 1.165) is 19.4 Å². The van der Waals surface area contributed by atoms with Crippen LogP contribution in [0.15, 0.2) is 23.1 Å². The number of nitrogens with one attached hydrogen (secondary N) is 1. The molecule has 0 aromatic carbocycles.